The first kappa shape index (κ1) is 7.37. The molecule has 0 aliphatic heterocycles. The molecule has 2 N–H and O–H groups in total. The highest BCUT2D eigenvalue weighted by atomic mass is 16.3. The topological polar surface area (TPSA) is 40.5 Å². The monoisotopic (exact) mass is 161 g/mol. The van der Waals surface area contributed by atoms with Crippen molar-refractivity contribution in [1.82, 2.24) is 0 Å². The molecule has 0 amide bonds. The largest absolute Gasteiger partial charge is 0.512 e. The molecule has 0 aromatic heterocycles. The van der Waals surface area contributed by atoms with Crippen LogP contribution in [0.3, 0.4) is 0 Å². The highest BCUT2D eigenvalue weighted by Gasteiger charge is 2.17. The highest BCUT2D eigenvalue weighted by Crippen LogP contribution is 2.25. The molecule has 0 saturated carbocycles. The minimum absolute atomic E-state index is 0.126. The molecule has 1 radical (unpaired) electrons. The van der Waals surface area contributed by atoms with E-state index in [1.54, 1.807) is 0 Å². The van der Waals surface area contributed by atoms with Crippen LogP contribution in [-0.4, -0.2) is 10.2 Å². The lowest BCUT2D eigenvalue weighted by molar-refractivity contribution is 0.206. The summed E-state index contributed by atoms with van der Waals surface area (Å²) in [6, 6.07) is 7.51. The summed E-state index contributed by atoms with van der Waals surface area (Å²) < 4.78 is 0. The van der Waals surface area contributed by atoms with Gasteiger partial charge in [-0.25, -0.2) is 0 Å². The predicted octanol–water partition coefficient (Wildman–Crippen LogP) is 1.52. The first-order valence-corrected chi connectivity index (χ1v) is 3.84. The predicted molar refractivity (Wildman–Crippen MR) is 44.5 cm³/mol. The lowest BCUT2D eigenvalue weighted by Crippen LogP contribution is -2.08. The van der Waals surface area contributed by atoms with Crippen LogP contribution in [0.2, 0.25) is 0 Å². The van der Waals surface area contributed by atoms with Gasteiger partial charge in [0.25, 0.3) is 0 Å². The molecule has 1 atom stereocenters. The Labute approximate surface area is 70.8 Å². The van der Waals surface area contributed by atoms with Gasteiger partial charge >= 0.3 is 0 Å². The van der Waals surface area contributed by atoms with Gasteiger partial charge in [-0.1, -0.05) is 24.3 Å². The molecule has 0 spiro atoms. The highest BCUT2D eigenvalue weighted by molar-refractivity contribution is 5.35. The quantitative estimate of drug-likeness (QED) is 0.605. The van der Waals surface area contributed by atoms with Crippen LogP contribution >= 0.6 is 0 Å². The second kappa shape index (κ2) is 2.64. The molecule has 2 rings (SSSR count). The van der Waals surface area contributed by atoms with E-state index in [4.69, 9.17) is 0 Å². The van der Waals surface area contributed by atoms with Crippen molar-refractivity contribution >= 4 is 0 Å². The van der Waals surface area contributed by atoms with Crippen molar-refractivity contribution in [3.8, 4) is 0 Å². The third-order valence-electron chi connectivity index (χ3n) is 2.01. The molecule has 61 valence electrons. The molecular weight excluding hydrogens is 152 g/mol. The Balaban J connectivity index is 2.48. The Hall–Kier alpha value is -1.28. The first-order valence-electron chi connectivity index (χ1n) is 3.84. The number of aliphatic hydroxyl groups is 2. The summed E-state index contributed by atoms with van der Waals surface area (Å²) in [7, 11) is 0. The third kappa shape index (κ3) is 1.10. The summed E-state index contributed by atoms with van der Waals surface area (Å²) in [5.74, 6) is 0.126. The molecule has 0 fully saturated rings. The molecule has 2 heteroatoms. The first-order chi connectivity index (χ1) is 5.77. The molecule has 1 aromatic rings. The molecule has 1 aromatic carbocycles. The van der Waals surface area contributed by atoms with E-state index in [1.807, 2.05) is 24.3 Å². The maximum atomic E-state index is 9.44. The lowest BCUT2D eigenvalue weighted by Gasteiger charge is -2.16. The summed E-state index contributed by atoms with van der Waals surface area (Å²) in [6.45, 7) is 0. The van der Waals surface area contributed by atoms with Crippen LogP contribution in [0.15, 0.2) is 30.0 Å². The van der Waals surface area contributed by atoms with Gasteiger partial charge in [0.15, 0.2) is 0 Å². The van der Waals surface area contributed by atoms with E-state index in [2.05, 4.69) is 6.08 Å². The summed E-state index contributed by atoms with van der Waals surface area (Å²) >= 11 is 0. The van der Waals surface area contributed by atoms with E-state index in [0.29, 0.717) is 6.42 Å². The van der Waals surface area contributed by atoms with Crippen LogP contribution in [0.4, 0.5) is 0 Å². The van der Waals surface area contributed by atoms with Gasteiger partial charge in [0.05, 0.1) is 0 Å². The van der Waals surface area contributed by atoms with Crippen LogP contribution in [0.1, 0.15) is 17.2 Å². The molecule has 0 unspecified atom stereocenters. The standard InChI is InChI=1S/C10H9O2/c11-8-5-7-3-1-2-4-9(7)10(12)6-8/h1-4,10-12H,5H2/t10-/m1/s1. The van der Waals surface area contributed by atoms with Crippen LogP contribution in [0.5, 0.6) is 0 Å². The normalized spacial score (nSPS) is 21.4. The number of aliphatic hydroxyl groups excluding tert-OH is 2. The zero-order valence-corrected chi connectivity index (χ0v) is 6.49. The van der Waals surface area contributed by atoms with Gasteiger partial charge in [-0.15, -0.1) is 0 Å². The SMILES string of the molecule is OC1=[C][C@@H](O)c2ccccc2C1. The number of hydrogen-bond donors (Lipinski definition) is 2. The minimum Gasteiger partial charge on any atom is -0.512 e. The second-order valence-electron chi connectivity index (χ2n) is 2.87. The Morgan fingerprint density at radius 3 is 2.92 bits per heavy atom. The zero-order valence-electron chi connectivity index (χ0n) is 6.49. The molecule has 0 bridgehead atoms. The fraction of sp³-hybridized carbons (Fsp3) is 0.200. The van der Waals surface area contributed by atoms with Crippen LogP contribution in [0, 0.1) is 6.08 Å². The van der Waals surface area contributed by atoms with E-state index in [1.165, 1.54) is 0 Å². The number of benzene rings is 1. The van der Waals surface area contributed by atoms with E-state index in [-0.39, 0.29) is 5.76 Å². The van der Waals surface area contributed by atoms with Crippen molar-refractivity contribution in [3.63, 3.8) is 0 Å². The summed E-state index contributed by atoms with van der Waals surface area (Å²) in [5.41, 5.74) is 1.82. The van der Waals surface area contributed by atoms with Gasteiger partial charge in [0, 0.05) is 12.5 Å². The Morgan fingerprint density at radius 1 is 1.33 bits per heavy atom. The van der Waals surface area contributed by atoms with E-state index in [9.17, 15) is 10.2 Å². The zero-order chi connectivity index (χ0) is 8.55. The van der Waals surface area contributed by atoms with Gasteiger partial charge in [0.2, 0.25) is 0 Å². The van der Waals surface area contributed by atoms with Crippen LogP contribution in [-0.2, 0) is 6.42 Å². The van der Waals surface area contributed by atoms with Gasteiger partial charge < -0.3 is 10.2 Å². The summed E-state index contributed by atoms with van der Waals surface area (Å²) in [4.78, 5) is 0. The smallest absolute Gasteiger partial charge is 0.108 e. The molecule has 1 aliphatic carbocycles. The number of rotatable bonds is 0. The molecule has 1 aliphatic rings. The van der Waals surface area contributed by atoms with Crippen molar-refractivity contribution < 1.29 is 10.2 Å². The third-order valence-corrected chi connectivity index (χ3v) is 2.01. The van der Waals surface area contributed by atoms with Gasteiger partial charge in [0.1, 0.15) is 11.9 Å². The fourth-order valence-electron chi connectivity index (χ4n) is 1.43. The fourth-order valence-corrected chi connectivity index (χ4v) is 1.43. The number of fused-ring (bicyclic) bond motifs is 1. The van der Waals surface area contributed by atoms with Crippen molar-refractivity contribution in [2.24, 2.45) is 0 Å². The molecular formula is C10H9O2. The minimum atomic E-state index is -0.769. The van der Waals surface area contributed by atoms with E-state index >= 15 is 0 Å². The average Bonchev–Trinajstić information content (AvgIpc) is 2.04. The van der Waals surface area contributed by atoms with Gasteiger partial charge in [-0.3, -0.25) is 0 Å². The molecule has 12 heavy (non-hydrogen) atoms. The average molecular weight is 161 g/mol. The maximum Gasteiger partial charge on any atom is 0.108 e. The molecule has 0 saturated heterocycles. The maximum absolute atomic E-state index is 9.44. The Kier molecular flexibility index (Phi) is 1.62. The number of allylic oxidation sites excluding steroid dienone is 1. The van der Waals surface area contributed by atoms with Crippen molar-refractivity contribution in [2.45, 2.75) is 12.5 Å². The summed E-state index contributed by atoms with van der Waals surface area (Å²) in [5, 5.41) is 18.6. The van der Waals surface area contributed by atoms with E-state index < -0.39 is 6.10 Å². The van der Waals surface area contributed by atoms with Crippen molar-refractivity contribution in [1.29, 1.82) is 0 Å². The summed E-state index contributed by atoms with van der Waals surface area (Å²) in [6.07, 6.45) is 2.27. The molecule has 2 nitrogen and oxygen atoms in total. The van der Waals surface area contributed by atoms with Gasteiger partial charge in [-0.05, 0) is 11.1 Å². The van der Waals surface area contributed by atoms with E-state index in [0.717, 1.165) is 11.1 Å². The second-order valence-corrected chi connectivity index (χ2v) is 2.87. The van der Waals surface area contributed by atoms with Crippen molar-refractivity contribution in [3.05, 3.63) is 47.2 Å². The molecule has 0 heterocycles. The Morgan fingerprint density at radius 2 is 2.08 bits per heavy atom. The number of hydrogen-bond acceptors (Lipinski definition) is 2. The Bertz CT molecular complexity index is 328. The van der Waals surface area contributed by atoms with Crippen LogP contribution < -0.4 is 0 Å². The van der Waals surface area contributed by atoms with Crippen molar-refractivity contribution in [2.75, 3.05) is 0 Å². The lowest BCUT2D eigenvalue weighted by atomic mass is 9.94. The van der Waals surface area contributed by atoms with Crippen LogP contribution in [0.25, 0.3) is 0 Å². The van der Waals surface area contributed by atoms with Gasteiger partial charge in [-0.2, -0.15) is 0 Å².